The van der Waals surface area contributed by atoms with E-state index < -0.39 is 29.5 Å². The summed E-state index contributed by atoms with van der Waals surface area (Å²) in [5.74, 6) is -2.83. The van der Waals surface area contributed by atoms with E-state index in [0.717, 1.165) is 0 Å². The van der Waals surface area contributed by atoms with E-state index in [1.165, 1.54) is 36.5 Å². The molecule has 5 rings (SSSR count). The van der Waals surface area contributed by atoms with Crippen LogP contribution in [-0.2, 0) is 11.3 Å². The maximum atomic E-state index is 13.6. The summed E-state index contributed by atoms with van der Waals surface area (Å²) >= 11 is 6.12. The Labute approximate surface area is 208 Å². The first-order valence-electron chi connectivity index (χ1n) is 10.7. The van der Waals surface area contributed by atoms with Crippen LogP contribution in [0.3, 0.4) is 0 Å². The largest absolute Gasteiger partial charge is 0.503 e. The van der Waals surface area contributed by atoms with Gasteiger partial charge in [0.1, 0.15) is 11.8 Å². The number of furan rings is 2. The van der Waals surface area contributed by atoms with E-state index in [9.17, 15) is 19.5 Å². The van der Waals surface area contributed by atoms with Crippen molar-refractivity contribution >= 4 is 40.2 Å². The first kappa shape index (κ1) is 23.3. The second kappa shape index (κ2) is 8.94. The Bertz CT molecular complexity index is 1530. The third-order valence-electron chi connectivity index (χ3n) is 5.91. The molecule has 1 unspecified atom stereocenters. The Morgan fingerprint density at radius 1 is 1.14 bits per heavy atom. The molecule has 36 heavy (non-hydrogen) atoms. The molecule has 0 radical (unpaired) electrons. The summed E-state index contributed by atoms with van der Waals surface area (Å²) in [6.45, 7) is -0.0193. The van der Waals surface area contributed by atoms with Crippen LogP contribution < -0.4 is 4.74 Å². The lowest BCUT2D eigenvalue weighted by atomic mass is 9.99. The van der Waals surface area contributed by atoms with Gasteiger partial charge < -0.3 is 28.7 Å². The maximum absolute atomic E-state index is 13.6. The van der Waals surface area contributed by atoms with E-state index in [1.54, 1.807) is 36.4 Å². The molecule has 2 aromatic carbocycles. The number of aliphatic hydroxyl groups is 1. The SMILES string of the molecule is COc1cc(Cl)cc2cc(C(=O)C3=C(O)C(=O)N(Cc4ccc(C(=O)O)cc4)C3c3ccco3)oc12. The van der Waals surface area contributed by atoms with Gasteiger partial charge in [-0.2, -0.15) is 0 Å². The second-order valence-electron chi connectivity index (χ2n) is 8.08. The number of carbonyl (C=O) groups is 3. The van der Waals surface area contributed by atoms with Gasteiger partial charge in [-0.1, -0.05) is 23.7 Å². The molecule has 1 aliphatic rings. The Balaban J connectivity index is 1.55. The lowest BCUT2D eigenvalue weighted by Gasteiger charge is -2.24. The van der Waals surface area contributed by atoms with E-state index in [-0.39, 0.29) is 29.2 Å². The third-order valence-corrected chi connectivity index (χ3v) is 6.12. The summed E-state index contributed by atoms with van der Waals surface area (Å²) in [4.78, 5) is 39.2. The van der Waals surface area contributed by atoms with Crippen LogP contribution >= 0.6 is 11.6 Å². The van der Waals surface area contributed by atoms with Crippen LogP contribution in [0.25, 0.3) is 11.0 Å². The Morgan fingerprint density at radius 2 is 1.89 bits per heavy atom. The first-order chi connectivity index (χ1) is 17.3. The molecule has 182 valence electrons. The highest BCUT2D eigenvalue weighted by Gasteiger charge is 2.46. The van der Waals surface area contributed by atoms with Gasteiger partial charge in [0.05, 0.1) is 24.5 Å². The number of methoxy groups -OCH3 is 1. The second-order valence-corrected chi connectivity index (χ2v) is 8.52. The molecule has 2 aromatic heterocycles. The molecule has 1 amide bonds. The van der Waals surface area contributed by atoms with Crippen molar-refractivity contribution in [2.75, 3.05) is 7.11 Å². The first-order valence-corrected chi connectivity index (χ1v) is 11.1. The van der Waals surface area contributed by atoms with Crippen LogP contribution in [0, 0.1) is 0 Å². The highest BCUT2D eigenvalue weighted by molar-refractivity contribution is 6.31. The zero-order valence-corrected chi connectivity index (χ0v) is 19.5. The van der Waals surface area contributed by atoms with Crippen LogP contribution in [0.5, 0.6) is 5.75 Å². The van der Waals surface area contributed by atoms with Crippen molar-refractivity contribution in [3.8, 4) is 5.75 Å². The molecule has 10 heteroatoms. The van der Waals surface area contributed by atoms with Crippen LogP contribution in [0.15, 0.2) is 81.0 Å². The Morgan fingerprint density at radius 3 is 2.53 bits per heavy atom. The number of carboxylic acids is 1. The number of amides is 1. The molecule has 4 aromatic rings. The molecule has 0 bridgehead atoms. The number of ketones is 1. The minimum atomic E-state index is -1.08. The number of aliphatic hydroxyl groups excluding tert-OH is 1. The van der Waals surface area contributed by atoms with Crippen molar-refractivity contribution < 1.29 is 38.2 Å². The molecule has 3 heterocycles. The van der Waals surface area contributed by atoms with Gasteiger partial charge in [0.2, 0.25) is 5.78 Å². The lowest BCUT2D eigenvalue weighted by Crippen LogP contribution is -2.30. The van der Waals surface area contributed by atoms with E-state index in [1.807, 2.05) is 0 Å². The highest BCUT2D eigenvalue weighted by Crippen LogP contribution is 2.41. The number of ether oxygens (including phenoxy) is 1. The van der Waals surface area contributed by atoms with E-state index in [0.29, 0.717) is 27.3 Å². The number of benzene rings is 2. The predicted molar refractivity (Wildman–Crippen MR) is 127 cm³/mol. The molecule has 1 atom stereocenters. The molecule has 1 aliphatic heterocycles. The van der Waals surface area contributed by atoms with Gasteiger partial charge in [0, 0.05) is 23.0 Å². The normalized spacial score (nSPS) is 15.7. The van der Waals surface area contributed by atoms with Crippen molar-refractivity contribution in [1.29, 1.82) is 0 Å². The summed E-state index contributed by atoms with van der Waals surface area (Å²) in [5, 5.41) is 20.8. The number of carbonyl (C=O) groups excluding carboxylic acids is 2. The molecular formula is C26H18ClNO8. The molecule has 0 saturated heterocycles. The lowest BCUT2D eigenvalue weighted by molar-refractivity contribution is -0.130. The van der Waals surface area contributed by atoms with Gasteiger partial charge >= 0.3 is 5.97 Å². The maximum Gasteiger partial charge on any atom is 0.335 e. The van der Waals surface area contributed by atoms with Crippen molar-refractivity contribution in [2.24, 2.45) is 0 Å². The van der Waals surface area contributed by atoms with Crippen molar-refractivity contribution in [3.05, 3.63) is 99.9 Å². The molecular weight excluding hydrogens is 490 g/mol. The molecule has 0 saturated carbocycles. The summed E-state index contributed by atoms with van der Waals surface area (Å²) in [7, 11) is 1.44. The minimum absolute atomic E-state index is 0.0193. The number of hydrogen-bond acceptors (Lipinski definition) is 7. The molecule has 0 fully saturated rings. The van der Waals surface area contributed by atoms with Gasteiger partial charge in [0.25, 0.3) is 5.91 Å². The average molecular weight is 508 g/mol. The zero-order valence-electron chi connectivity index (χ0n) is 18.7. The van der Waals surface area contributed by atoms with Crippen molar-refractivity contribution in [3.63, 3.8) is 0 Å². The highest BCUT2D eigenvalue weighted by atomic mass is 35.5. The van der Waals surface area contributed by atoms with E-state index in [2.05, 4.69) is 0 Å². The number of hydrogen-bond donors (Lipinski definition) is 2. The van der Waals surface area contributed by atoms with Crippen LogP contribution in [0.4, 0.5) is 0 Å². The Hall–Kier alpha value is -4.50. The fourth-order valence-corrected chi connectivity index (χ4v) is 4.44. The Kier molecular flexibility index (Phi) is 5.77. The summed E-state index contributed by atoms with van der Waals surface area (Å²) in [6, 6.07) is 12.7. The quantitative estimate of drug-likeness (QED) is 0.328. The smallest absolute Gasteiger partial charge is 0.335 e. The van der Waals surface area contributed by atoms with Crippen LogP contribution in [-0.4, -0.2) is 39.9 Å². The summed E-state index contributed by atoms with van der Waals surface area (Å²) < 4.78 is 16.6. The zero-order chi connectivity index (χ0) is 25.6. The van der Waals surface area contributed by atoms with Crippen LogP contribution in [0.1, 0.15) is 38.3 Å². The standard InChI is InChI=1S/C26H18ClNO8/c1-34-19-11-16(27)9-15-10-18(36-24(15)19)22(29)20-21(17-3-2-8-35-17)28(25(31)23(20)30)12-13-4-6-14(7-5-13)26(32)33/h2-11,21,30H,12H2,1H3,(H,32,33). The van der Waals surface area contributed by atoms with E-state index >= 15 is 0 Å². The van der Waals surface area contributed by atoms with Gasteiger partial charge in [0.15, 0.2) is 22.9 Å². The van der Waals surface area contributed by atoms with E-state index in [4.69, 9.17) is 30.3 Å². The number of rotatable bonds is 7. The van der Waals surface area contributed by atoms with Crippen molar-refractivity contribution in [2.45, 2.75) is 12.6 Å². The third kappa shape index (κ3) is 3.89. The van der Waals surface area contributed by atoms with Gasteiger partial charge in [-0.15, -0.1) is 0 Å². The molecule has 2 N–H and O–H groups in total. The predicted octanol–water partition coefficient (Wildman–Crippen LogP) is 5.16. The minimum Gasteiger partial charge on any atom is -0.503 e. The number of halogens is 1. The molecule has 9 nitrogen and oxygen atoms in total. The fourth-order valence-electron chi connectivity index (χ4n) is 4.22. The monoisotopic (exact) mass is 507 g/mol. The number of aromatic carboxylic acids is 1. The molecule has 0 aliphatic carbocycles. The number of Topliss-reactive ketones (excluding diaryl/α,β-unsaturated/α-hetero) is 1. The summed E-state index contributed by atoms with van der Waals surface area (Å²) in [6.07, 6.45) is 1.39. The van der Waals surface area contributed by atoms with Crippen molar-refractivity contribution in [1.82, 2.24) is 4.90 Å². The van der Waals surface area contributed by atoms with Gasteiger partial charge in [-0.05, 0) is 42.0 Å². The summed E-state index contributed by atoms with van der Waals surface area (Å²) in [5.41, 5.74) is 0.765. The fraction of sp³-hybridized carbons (Fsp3) is 0.115. The van der Waals surface area contributed by atoms with Gasteiger partial charge in [-0.3, -0.25) is 9.59 Å². The number of nitrogens with zero attached hydrogens (tertiary/aromatic N) is 1. The topological polar surface area (TPSA) is 130 Å². The number of carboxylic acid groups (broad SMARTS) is 1. The van der Waals surface area contributed by atoms with Gasteiger partial charge in [-0.25, -0.2) is 4.79 Å². The number of fused-ring (bicyclic) bond motifs is 1. The molecule has 0 spiro atoms. The average Bonchev–Trinajstić information content (AvgIpc) is 3.59. The van der Waals surface area contributed by atoms with Crippen LogP contribution in [0.2, 0.25) is 5.02 Å².